The minimum atomic E-state index is 0.594. The predicted molar refractivity (Wildman–Crippen MR) is 77.9 cm³/mol. The molecule has 1 fully saturated rings. The summed E-state index contributed by atoms with van der Waals surface area (Å²) in [5.41, 5.74) is 2.43. The number of hydrogen-bond acceptors (Lipinski definition) is 3. The van der Waals surface area contributed by atoms with E-state index in [4.69, 9.17) is 4.74 Å². The first-order valence-corrected chi connectivity index (χ1v) is 6.93. The summed E-state index contributed by atoms with van der Waals surface area (Å²) in [6.45, 7) is 4.32. The molecular formula is C16H20N2O. The third-order valence-electron chi connectivity index (χ3n) is 4.12. The molecule has 0 radical (unpaired) electrons. The molecule has 0 saturated carbocycles. The van der Waals surface area contributed by atoms with E-state index in [-0.39, 0.29) is 0 Å². The molecule has 0 spiro atoms. The largest absolute Gasteiger partial charge is 0.496 e. The summed E-state index contributed by atoms with van der Waals surface area (Å²) in [5.74, 6) is 1.55. The van der Waals surface area contributed by atoms with Crippen molar-refractivity contribution in [2.45, 2.75) is 25.7 Å². The fourth-order valence-electron chi connectivity index (χ4n) is 2.92. The SMILES string of the molecule is COc1ccc2cnc(C3CCNCC3)cc2c1C. The number of aryl methyl sites for hydroxylation is 1. The second kappa shape index (κ2) is 5.17. The lowest BCUT2D eigenvalue weighted by atomic mass is 9.92. The number of aromatic nitrogens is 1. The minimum Gasteiger partial charge on any atom is -0.496 e. The number of piperidine rings is 1. The van der Waals surface area contributed by atoms with Gasteiger partial charge in [0.1, 0.15) is 5.75 Å². The first kappa shape index (κ1) is 12.4. The van der Waals surface area contributed by atoms with Crippen molar-refractivity contribution >= 4 is 10.8 Å². The number of rotatable bonds is 2. The van der Waals surface area contributed by atoms with Gasteiger partial charge >= 0.3 is 0 Å². The number of nitrogens with one attached hydrogen (secondary N) is 1. The zero-order valence-electron chi connectivity index (χ0n) is 11.6. The van der Waals surface area contributed by atoms with Crippen molar-refractivity contribution in [2.75, 3.05) is 20.2 Å². The smallest absolute Gasteiger partial charge is 0.122 e. The van der Waals surface area contributed by atoms with E-state index >= 15 is 0 Å². The highest BCUT2D eigenvalue weighted by atomic mass is 16.5. The maximum Gasteiger partial charge on any atom is 0.122 e. The van der Waals surface area contributed by atoms with Gasteiger partial charge in [0.25, 0.3) is 0 Å². The first-order valence-electron chi connectivity index (χ1n) is 6.93. The van der Waals surface area contributed by atoms with Gasteiger partial charge in [0, 0.05) is 23.2 Å². The number of benzene rings is 1. The van der Waals surface area contributed by atoms with Gasteiger partial charge in [0.2, 0.25) is 0 Å². The third-order valence-corrected chi connectivity index (χ3v) is 4.12. The Morgan fingerprint density at radius 1 is 1.26 bits per heavy atom. The Labute approximate surface area is 114 Å². The molecule has 1 N–H and O–H groups in total. The summed E-state index contributed by atoms with van der Waals surface area (Å²) < 4.78 is 5.41. The van der Waals surface area contributed by atoms with Crippen LogP contribution in [-0.2, 0) is 0 Å². The van der Waals surface area contributed by atoms with Crippen molar-refractivity contribution in [3.05, 3.63) is 35.7 Å². The Hall–Kier alpha value is -1.61. The summed E-state index contributed by atoms with van der Waals surface area (Å²) in [5, 5.41) is 5.86. The van der Waals surface area contributed by atoms with E-state index < -0.39 is 0 Å². The Balaban J connectivity index is 2.05. The monoisotopic (exact) mass is 256 g/mol. The van der Waals surface area contributed by atoms with Crippen molar-refractivity contribution in [2.24, 2.45) is 0 Å². The topological polar surface area (TPSA) is 34.1 Å². The maximum absolute atomic E-state index is 5.41. The molecule has 0 bridgehead atoms. The maximum atomic E-state index is 5.41. The van der Waals surface area contributed by atoms with Crippen LogP contribution in [0.25, 0.3) is 10.8 Å². The Bertz CT molecular complexity index is 589. The molecule has 3 nitrogen and oxygen atoms in total. The third kappa shape index (κ3) is 2.30. The molecule has 1 saturated heterocycles. The zero-order chi connectivity index (χ0) is 13.2. The zero-order valence-corrected chi connectivity index (χ0v) is 11.6. The minimum absolute atomic E-state index is 0.594. The summed E-state index contributed by atoms with van der Waals surface area (Å²) in [7, 11) is 1.73. The Kier molecular flexibility index (Phi) is 3.38. The highest BCUT2D eigenvalue weighted by Gasteiger charge is 2.17. The summed E-state index contributed by atoms with van der Waals surface area (Å²) in [6, 6.07) is 6.35. The average molecular weight is 256 g/mol. The number of nitrogens with zero attached hydrogens (tertiary/aromatic N) is 1. The molecule has 2 heterocycles. The summed E-state index contributed by atoms with van der Waals surface area (Å²) in [6.07, 6.45) is 4.36. The van der Waals surface area contributed by atoms with E-state index in [2.05, 4.69) is 29.4 Å². The molecule has 0 unspecified atom stereocenters. The van der Waals surface area contributed by atoms with Crippen molar-refractivity contribution in [1.29, 1.82) is 0 Å². The molecular weight excluding hydrogens is 236 g/mol. The Morgan fingerprint density at radius 2 is 2.05 bits per heavy atom. The summed E-state index contributed by atoms with van der Waals surface area (Å²) in [4.78, 5) is 4.66. The average Bonchev–Trinajstić information content (AvgIpc) is 2.48. The highest BCUT2D eigenvalue weighted by Crippen LogP contribution is 2.30. The van der Waals surface area contributed by atoms with Gasteiger partial charge < -0.3 is 10.1 Å². The van der Waals surface area contributed by atoms with Gasteiger partial charge in [0.05, 0.1) is 7.11 Å². The van der Waals surface area contributed by atoms with Crippen LogP contribution in [0, 0.1) is 6.92 Å². The number of methoxy groups -OCH3 is 1. The van der Waals surface area contributed by atoms with Crippen LogP contribution in [0.1, 0.15) is 30.0 Å². The van der Waals surface area contributed by atoms with Gasteiger partial charge in [0.15, 0.2) is 0 Å². The lowest BCUT2D eigenvalue weighted by Gasteiger charge is -2.22. The fourth-order valence-corrected chi connectivity index (χ4v) is 2.92. The molecule has 0 atom stereocenters. The van der Waals surface area contributed by atoms with Gasteiger partial charge in [-0.3, -0.25) is 4.98 Å². The standard InChI is InChI=1S/C16H20N2O/c1-11-14-9-15(12-5-7-17-8-6-12)18-10-13(14)3-4-16(11)19-2/h3-4,9-10,12,17H,5-8H2,1-2H3. The molecule has 0 amide bonds. The summed E-state index contributed by atoms with van der Waals surface area (Å²) >= 11 is 0. The van der Waals surface area contributed by atoms with Gasteiger partial charge in [-0.15, -0.1) is 0 Å². The van der Waals surface area contributed by atoms with Crippen LogP contribution < -0.4 is 10.1 Å². The van der Waals surface area contributed by atoms with E-state index in [1.807, 2.05) is 12.3 Å². The molecule has 1 aromatic carbocycles. The van der Waals surface area contributed by atoms with Crippen molar-refractivity contribution in [3.63, 3.8) is 0 Å². The highest BCUT2D eigenvalue weighted by molar-refractivity contribution is 5.87. The normalized spacial score (nSPS) is 16.7. The van der Waals surface area contributed by atoms with Gasteiger partial charge in [-0.2, -0.15) is 0 Å². The molecule has 3 heteroatoms. The molecule has 3 rings (SSSR count). The lowest BCUT2D eigenvalue weighted by Crippen LogP contribution is -2.27. The van der Waals surface area contributed by atoms with Gasteiger partial charge in [-0.05, 0) is 62.0 Å². The van der Waals surface area contributed by atoms with Crippen LogP contribution >= 0.6 is 0 Å². The Morgan fingerprint density at radius 3 is 2.79 bits per heavy atom. The van der Waals surface area contributed by atoms with Crippen molar-refractivity contribution in [1.82, 2.24) is 10.3 Å². The molecule has 1 aliphatic rings. The predicted octanol–water partition coefficient (Wildman–Crippen LogP) is 3.02. The van der Waals surface area contributed by atoms with Gasteiger partial charge in [-0.25, -0.2) is 0 Å². The molecule has 1 aromatic heterocycles. The van der Waals surface area contributed by atoms with Gasteiger partial charge in [-0.1, -0.05) is 0 Å². The lowest BCUT2D eigenvalue weighted by molar-refractivity contribution is 0.412. The van der Waals surface area contributed by atoms with Crippen LogP contribution in [-0.4, -0.2) is 25.2 Å². The van der Waals surface area contributed by atoms with E-state index in [1.54, 1.807) is 7.11 Å². The quantitative estimate of drug-likeness (QED) is 0.897. The van der Waals surface area contributed by atoms with Crippen molar-refractivity contribution in [3.8, 4) is 5.75 Å². The van der Waals surface area contributed by atoms with E-state index in [0.717, 1.165) is 18.8 Å². The van der Waals surface area contributed by atoms with E-state index in [9.17, 15) is 0 Å². The number of hydrogen-bond donors (Lipinski definition) is 1. The molecule has 0 aliphatic carbocycles. The molecule has 2 aromatic rings. The second-order valence-electron chi connectivity index (χ2n) is 5.25. The van der Waals surface area contributed by atoms with Crippen LogP contribution in [0.3, 0.4) is 0 Å². The molecule has 100 valence electrons. The first-order chi connectivity index (χ1) is 9.29. The second-order valence-corrected chi connectivity index (χ2v) is 5.25. The van der Waals surface area contributed by atoms with Crippen molar-refractivity contribution < 1.29 is 4.74 Å². The van der Waals surface area contributed by atoms with E-state index in [1.165, 1.54) is 34.9 Å². The fraction of sp³-hybridized carbons (Fsp3) is 0.438. The molecule has 19 heavy (non-hydrogen) atoms. The van der Waals surface area contributed by atoms with Crippen LogP contribution in [0.15, 0.2) is 24.4 Å². The van der Waals surface area contributed by atoms with Crippen LogP contribution in [0.5, 0.6) is 5.75 Å². The molecule has 1 aliphatic heterocycles. The van der Waals surface area contributed by atoms with Crippen LogP contribution in [0.4, 0.5) is 0 Å². The number of ether oxygens (including phenoxy) is 1. The van der Waals surface area contributed by atoms with Crippen LogP contribution in [0.2, 0.25) is 0 Å². The van der Waals surface area contributed by atoms with E-state index in [0.29, 0.717) is 5.92 Å². The number of pyridine rings is 1. The number of fused-ring (bicyclic) bond motifs is 1.